The molecule has 0 saturated carbocycles. The second kappa shape index (κ2) is 11.4. The van der Waals surface area contributed by atoms with Crippen molar-refractivity contribution in [3.8, 4) is 0 Å². The largest absolute Gasteiger partial charge is 0.376 e. The molecule has 2 aliphatic rings. The lowest BCUT2D eigenvalue weighted by Gasteiger charge is -1.95. The van der Waals surface area contributed by atoms with Crippen LogP contribution >= 0.6 is 22.6 Å². The lowest BCUT2D eigenvalue weighted by atomic mass is 10.1. The predicted molar refractivity (Wildman–Crippen MR) is 82.6 cm³/mol. The molecule has 0 aromatic carbocycles. The summed E-state index contributed by atoms with van der Waals surface area (Å²) in [5.41, 5.74) is 0. The standard InChI is InChI=1S/C8H17I.C6H10O3/c1-2-3-4-5-6-7-8-9;1(5-3-8-5)7-2-6-4-9-6/h2-8H2,1H3;5-6H,1-4H2. The van der Waals surface area contributed by atoms with E-state index in [-0.39, 0.29) is 0 Å². The van der Waals surface area contributed by atoms with Gasteiger partial charge in [0.15, 0.2) is 0 Å². The first-order valence-electron chi connectivity index (χ1n) is 7.23. The molecule has 2 heterocycles. The molecule has 0 amide bonds. The van der Waals surface area contributed by atoms with Crippen LogP contribution in [-0.2, 0) is 14.2 Å². The van der Waals surface area contributed by atoms with Gasteiger partial charge in [-0.2, -0.15) is 0 Å². The lowest BCUT2D eigenvalue weighted by molar-refractivity contribution is 0.102. The molecule has 0 aromatic rings. The summed E-state index contributed by atoms with van der Waals surface area (Å²) in [4.78, 5) is 0. The molecule has 0 bridgehead atoms. The van der Waals surface area contributed by atoms with E-state index >= 15 is 0 Å². The minimum atomic E-state index is 0.392. The van der Waals surface area contributed by atoms with Crippen molar-refractivity contribution >= 4 is 22.6 Å². The Morgan fingerprint density at radius 3 is 1.89 bits per heavy atom. The van der Waals surface area contributed by atoms with E-state index in [1.807, 2.05) is 0 Å². The van der Waals surface area contributed by atoms with Gasteiger partial charge in [-0.15, -0.1) is 0 Å². The molecule has 3 nitrogen and oxygen atoms in total. The van der Waals surface area contributed by atoms with Crippen molar-refractivity contribution in [3.05, 3.63) is 0 Å². The van der Waals surface area contributed by atoms with Gasteiger partial charge in [-0.3, -0.25) is 0 Å². The quantitative estimate of drug-likeness (QED) is 0.255. The molecule has 4 heteroatoms. The van der Waals surface area contributed by atoms with Crippen molar-refractivity contribution in [2.45, 2.75) is 57.7 Å². The number of epoxide rings is 2. The molecule has 2 unspecified atom stereocenters. The smallest absolute Gasteiger partial charge is 0.104 e. The predicted octanol–water partition coefficient (Wildman–Crippen LogP) is 3.58. The van der Waals surface area contributed by atoms with Crippen LogP contribution in [0.3, 0.4) is 0 Å². The van der Waals surface area contributed by atoms with Crippen molar-refractivity contribution < 1.29 is 14.2 Å². The van der Waals surface area contributed by atoms with Crippen molar-refractivity contribution in [2.24, 2.45) is 0 Å². The van der Waals surface area contributed by atoms with Gasteiger partial charge in [-0.25, -0.2) is 0 Å². The number of alkyl halides is 1. The van der Waals surface area contributed by atoms with Crippen LogP contribution in [0.15, 0.2) is 0 Å². The molecule has 0 aliphatic carbocycles. The van der Waals surface area contributed by atoms with E-state index in [1.165, 1.54) is 43.0 Å². The maximum absolute atomic E-state index is 5.23. The number of ether oxygens (including phenoxy) is 3. The summed E-state index contributed by atoms with van der Waals surface area (Å²) < 4.78 is 16.5. The summed E-state index contributed by atoms with van der Waals surface area (Å²) in [6, 6.07) is 0. The van der Waals surface area contributed by atoms with Crippen LogP contribution in [0.5, 0.6) is 0 Å². The molecule has 2 rings (SSSR count). The fourth-order valence-electron chi connectivity index (χ4n) is 1.53. The summed E-state index contributed by atoms with van der Waals surface area (Å²) in [5.74, 6) is 0. The Morgan fingerprint density at radius 2 is 1.44 bits per heavy atom. The third-order valence-electron chi connectivity index (χ3n) is 2.90. The molecule has 2 aliphatic heterocycles. The Bertz CT molecular complexity index is 164. The monoisotopic (exact) mass is 370 g/mol. The average Bonchev–Trinajstić information content (AvgIpc) is 3.24. The van der Waals surface area contributed by atoms with E-state index in [9.17, 15) is 0 Å². The average molecular weight is 370 g/mol. The molecule has 0 aromatic heterocycles. The fourth-order valence-corrected chi connectivity index (χ4v) is 2.07. The van der Waals surface area contributed by atoms with E-state index in [1.54, 1.807) is 0 Å². The van der Waals surface area contributed by atoms with E-state index in [0.717, 1.165) is 26.4 Å². The zero-order chi connectivity index (χ0) is 13.1. The summed E-state index contributed by atoms with van der Waals surface area (Å²) >= 11 is 2.45. The van der Waals surface area contributed by atoms with E-state index in [4.69, 9.17) is 14.2 Å². The highest BCUT2D eigenvalue weighted by Crippen LogP contribution is 2.12. The van der Waals surface area contributed by atoms with E-state index in [0.29, 0.717) is 12.2 Å². The third-order valence-corrected chi connectivity index (χ3v) is 3.66. The van der Waals surface area contributed by atoms with Gasteiger partial charge in [-0.1, -0.05) is 61.6 Å². The molecule has 0 radical (unpaired) electrons. The van der Waals surface area contributed by atoms with Gasteiger partial charge in [0.1, 0.15) is 12.2 Å². The highest BCUT2D eigenvalue weighted by molar-refractivity contribution is 14.1. The Labute approximate surface area is 125 Å². The first-order valence-corrected chi connectivity index (χ1v) is 8.76. The van der Waals surface area contributed by atoms with Crippen molar-refractivity contribution in [2.75, 3.05) is 30.9 Å². The number of rotatable bonds is 10. The maximum atomic E-state index is 5.23. The van der Waals surface area contributed by atoms with Crippen molar-refractivity contribution in [1.29, 1.82) is 0 Å². The van der Waals surface area contributed by atoms with Crippen LogP contribution in [0, 0.1) is 0 Å². The second-order valence-corrected chi connectivity index (χ2v) is 5.98. The number of halogens is 1. The first kappa shape index (κ1) is 16.7. The second-order valence-electron chi connectivity index (χ2n) is 4.90. The number of unbranched alkanes of at least 4 members (excludes halogenated alkanes) is 5. The molecule has 0 N–H and O–H groups in total. The van der Waals surface area contributed by atoms with E-state index in [2.05, 4.69) is 29.5 Å². The molecule has 2 saturated heterocycles. The van der Waals surface area contributed by atoms with Gasteiger partial charge in [0, 0.05) is 0 Å². The van der Waals surface area contributed by atoms with Gasteiger partial charge >= 0.3 is 0 Å². The summed E-state index contributed by atoms with van der Waals surface area (Å²) in [7, 11) is 0. The van der Waals surface area contributed by atoms with Crippen LogP contribution in [0.25, 0.3) is 0 Å². The van der Waals surface area contributed by atoms with E-state index < -0.39 is 0 Å². The lowest BCUT2D eigenvalue weighted by Crippen LogP contribution is -2.06. The summed E-state index contributed by atoms with van der Waals surface area (Å²) in [6.45, 7) is 5.52. The van der Waals surface area contributed by atoms with Gasteiger partial charge in [0.2, 0.25) is 0 Å². The minimum Gasteiger partial charge on any atom is -0.376 e. The van der Waals surface area contributed by atoms with Gasteiger partial charge in [-0.05, 0) is 10.8 Å². The number of hydrogen-bond acceptors (Lipinski definition) is 3. The summed E-state index contributed by atoms with van der Waals surface area (Å²) in [5, 5.41) is 0. The van der Waals surface area contributed by atoms with Gasteiger partial charge in [0.05, 0.1) is 26.4 Å². The highest BCUT2D eigenvalue weighted by atomic mass is 127. The van der Waals surface area contributed by atoms with Crippen LogP contribution in [0.2, 0.25) is 0 Å². The Kier molecular flexibility index (Phi) is 10.6. The van der Waals surface area contributed by atoms with Crippen molar-refractivity contribution in [1.82, 2.24) is 0 Å². The van der Waals surface area contributed by atoms with Crippen LogP contribution in [0.4, 0.5) is 0 Å². The zero-order valence-corrected chi connectivity index (χ0v) is 13.7. The molecule has 2 atom stereocenters. The molecule has 108 valence electrons. The Balaban J connectivity index is 0.000000180. The molecular weight excluding hydrogens is 343 g/mol. The fraction of sp³-hybridized carbons (Fsp3) is 1.00. The topological polar surface area (TPSA) is 34.3 Å². The molecule has 18 heavy (non-hydrogen) atoms. The van der Waals surface area contributed by atoms with Gasteiger partial charge in [0.25, 0.3) is 0 Å². The van der Waals surface area contributed by atoms with Crippen LogP contribution < -0.4 is 0 Å². The zero-order valence-electron chi connectivity index (χ0n) is 11.5. The SMILES string of the molecule is C(OCC1CO1)C1CO1.CCCCCCCCI. The third kappa shape index (κ3) is 11.7. The van der Waals surface area contributed by atoms with Gasteiger partial charge < -0.3 is 14.2 Å². The van der Waals surface area contributed by atoms with Crippen molar-refractivity contribution in [3.63, 3.8) is 0 Å². The Hall–Kier alpha value is 0.610. The first-order chi connectivity index (χ1) is 8.86. The minimum absolute atomic E-state index is 0.392. The van der Waals surface area contributed by atoms with Crippen LogP contribution in [-0.4, -0.2) is 43.1 Å². The molecular formula is C14H27IO3. The summed E-state index contributed by atoms with van der Waals surface area (Å²) in [6.07, 6.45) is 9.36. The molecule has 0 spiro atoms. The Morgan fingerprint density at radius 1 is 0.944 bits per heavy atom. The number of hydrogen-bond donors (Lipinski definition) is 0. The molecule has 2 fully saturated rings. The normalized spacial score (nSPS) is 24.3. The highest BCUT2D eigenvalue weighted by Gasteiger charge is 2.26. The maximum Gasteiger partial charge on any atom is 0.104 e. The van der Waals surface area contributed by atoms with Crippen LogP contribution in [0.1, 0.15) is 45.4 Å².